The molecule has 0 saturated heterocycles. The van der Waals surface area contributed by atoms with Gasteiger partial charge < -0.3 is 23.8 Å². The Hall–Kier alpha value is -2.44. The molecule has 1 amide bonds. The molecule has 28 heavy (non-hydrogen) atoms. The summed E-state index contributed by atoms with van der Waals surface area (Å²) in [5.41, 5.74) is 1.23. The average molecular weight is 393 g/mol. The number of ether oxygens (including phenoxy) is 4. The zero-order valence-corrected chi connectivity index (χ0v) is 17.8. The molecule has 0 N–H and O–H groups in total. The topological polar surface area (TPSA) is 74.3 Å². The van der Waals surface area contributed by atoms with Crippen molar-refractivity contribution in [1.29, 1.82) is 0 Å². The van der Waals surface area contributed by atoms with Crippen LogP contribution in [0.5, 0.6) is 11.5 Å². The van der Waals surface area contributed by atoms with Gasteiger partial charge in [-0.15, -0.1) is 0 Å². The predicted octanol–water partition coefficient (Wildman–Crippen LogP) is 3.88. The minimum atomic E-state index is -0.627. The highest BCUT2D eigenvalue weighted by Gasteiger charge is 2.36. The Morgan fingerprint density at radius 3 is 2.29 bits per heavy atom. The number of fused-ring (bicyclic) bond motifs is 1. The van der Waals surface area contributed by atoms with Gasteiger partial charge in [0.1, 0.15) is 5.60 Å². The summed E-state index contributed by atoms with van der Waals surface area (Å²) < 4.78 is 21.7. The van der Waals surface area contributed by atoms with E-state index in [1.807, 2.05) is 32.9 Å². The molecule has 7 heteroatoms. The number of amides is 1. The standard InChI is InChI=1S/C21H31NO6/c1-13(2)27-19(23)12-16-15-11-18(26-7)17(25-6)10-14(15)8-9-22(16)20(24)28-21(3,4)5/h10-11,13,16H,8-9,12H2,1-7H3/t16-/m1/s1. The molecule has 0 aromatic heterocycles. The zero-order chi connectivity index (χ0) is 21.1. The van der Waals surface area contributed by atoms with Crippen molar-refractivity contribution >= 4 is 12.1 Å². The van der Waals surface area contributed by atoms with Crippen molar-refractivity contribution in [2.45, 2.75) is 65.2 Å². The summed E-state index contributed by atoms with van der Waals surface area (Å²) in [6, 6.07) is 3.24. The van der Waals surface area contributed by atoms with Crippen LogP contribution in [-0.2, 0) is 20.7 Å². The molecule has 0 saturated carbocycles. The lowest BCUT2D eigenvalue weighted by atomic mass is 9.90. The third-order valence-corrected chi connectivity index (χ3v) is 4.36. The molecular weight excluding hydrogens is 362 g/mol. The molecule has 0 fully saturated rings. The number of hydrogen-bond acceptors (Lipinski definition) is 6. The maximum Gasteiger partial charge on any atom is 0.410 e. The first-order valence-electron chi connectivity index (χ1n) is 9.49. The summed E-state index contributed by atoms with van der Waals surface area (Å²) in [5.74, 6) is 0.807. The molecule has 0 aliphatic carbocycles. The molecule has 7 nitrogen and oxygen atoms in total. The fourth-order valence-corrected chi connectivity index (χ4v) is 3.26. The molecule has 1 atom stereocenters. The summed E-state index contributed by atoms with van der Waals surface area (Å²) >= 11 is 0. The third kappa shape index (κ3) is 5.30. The Balaban J connectivity index is 2.43. The molecule has 156 valence electrons. The van der Waals surface area contributed by atoms with Gasteiger partial charge in [-0.3, -0.25) is 4.79 Å². The van der Waals surface area contributed by atoms with Gasteiger partial charge in [-0.25, -0.2) is 4.79 Å². The summed E-state index contributed by atoms with van der Waals surface area (Å²) in [7, 11) is 3.14. The zero-order valence-electron chi connectivity index (χ0n) is 17.8. The first kappa shape index (κ1) is 21.9. The molecule has 1 aromatic carbocycles. The van der Waals surface area contributed by atoms with Crippen LogP contribution >= 0.6 is 0 Å². The molecule has 1 heterocycles. The Morgan fingerprint density at radius 1 is 1.14 bits per heavy atom. The van der Waals surface area contributed by atoms with E-state index < -0.39 is 17.7 Å². The van der Waals surface area contributed by atoms with Crippen LogP contribution in [0.3, 0.4) is 0 Å². The van der Waals surface area contributed by atoms with Crippen LogP contribution in [-0.4, -0.2) is 49.4 Å². The van der Waals surface area contributed by atoms with Gasteiger partial charge in [-0.05, 0) is 64.3 Å². The van der Waals surface area contributed by atoms with Crippen molar-refractivity contribution in [2.24, 2.45) is 0 Å². The number of benzene rings is 1. The van der Waals surface area contributed by atoms with Crippen LogP contribution in [0.25, 0.3) is 0 Å². The summed E-state index contributed by atoms with van der Waals surface area (Å²) in [4.78, 5) is 26.8. The molecule has 0 unspecified atom stereocenters. The number of nitrogens with zero attached hydrogens (tertiary/aromatic N) is 1. The fraction of sp³-hybridized carbons (Fsp3) is 0.619. The summed E-state index contributed by atoms with van der Waals surface area (Å²) in [6.45, 7) is 9.49. The Morgan fingerprint density at radius 2 is 1.75 bits per heavy atom. The van der Waals surface area contributed by atoms with E-state index in [1.165, 1.54) is 0 Å². The second-order valence-electron chi connectivity index (χ2n) is 8.09. The Kier molecular flexibility index (Phi) is 6.80. The molecular formula is C21H31NO6. The van der Waals surface area contributed by atoms with Crippen LogP contribution in [0.2, 0.25) is 0 Å². The lowest BCUT2D eigenvalue weighted by Gasteiger charge is -2.38. The van der Waals surface area contributed by atoms with Gasteiger partial charge in [0.15, 0.2) is 11.5 Å². The smallest absolute Gasteiger partial charge is 0.410 e. The van der Waals surface area contributed by atoms with Gasteiger partial charge in [-0.2, -0.15) is 0 Å². The minimum Gasteiger partial charge on any atom is -0.493 e. The van der Waals surface area contributed by atoms with Crippen LogP contribution in [0.15, 0.2) is 12.1 Å². The van der Waals surface area contributed by atoms with Crippen molar-refractivity contribution in [1.82, 2.24) is 4.90 Å². The maximum atomic E-state index is 12.8. The highest BCUT2D eigenvalue weighted by atomic mass is 16.6. The third-order valence-electron chi connectivity index (χ3n) is 4.36. The minimum absolute atomic E-state index is 0.0416. The average Bonchev–Trinajstić information content (AvgIpc) is 2.58. The maximum absolute atomic E-state index is 12.8. The number of carbonyl (C=O) groups excluding carboxylic acids is 2. The molecule has 2 rings (SSSR count). The Bertz CT molecular complexity index is 722. The monoisotopic (exact) mass is 393 g/mol. The number of esters is 1. The van der Waals surface area contributed by atoms with Crippen LogP contribution < -0.4 is 9.47 Å². The first-order valence-corrected chi connectivity index (χ1v) is 9.49. The number of hydrogen-bond donors (Lipinski definition) is 0. The molecule has 1 aliphatic rings. The van der Waals surface area contributed by atoms with Crippen LogP contribution in [0.4, 0.5) is 4.79 Å². The lowest BCUT2D eigenvalue weighted by molar-refractivity contribution is -0.148. The predicted molar refractivity (Wildman–Crippen MR) is 105 cm³/mol. The van der Waals surface area contributed by atoms with Crippen molar-refractivity contribution in [3.8, 4) is 11.5 Å². The highest BCUT2D eigenvalue weighted by Crippen LogP contribution is 2.40. The van der Waals surface area contributed by atoms with Gasteiger partial charge in [0.05, 0.1) is 32.8 Å². The van der Waals surface area contributed by atoms with E-state index in [4.69, 9.17) is 18.9 Å². The van der Waals surface area contributed by atoms with Crippen LogP contribution in [0.1, 0.15) is 58.2 Å². The van der Waals surface area contributed by atoms with E-state index >= 15 is 0 Å². The SMILES string of the molecule is COc1cc2c(cc1OC)[C@@H](CC(=O)OC(C)C)N(C(=O)OC(C)(C)C)CC2. The molecule has 0 spiro atoms. The quantitative estimate of drug-likeness (QED) is 0.707. The summed E-state index contributed by atoms with van der Waals surface area (Å²) in [6.07, 6.45) is -0.00360. The van der Waals surface area contributed by atoms with E-state index in [0.717, 1.165) is 11.1 Å². The molecule has 0 bridgehead atoms. The largest absolute Gasteiger partial charge is 0.493 e. The van der Waals surface area contributed by atoms with E-state index in [0.29, 0.717) is 24.5 Å². The number of carbonyl (C=O) groups is 2. The van der Waals surface area contributed by atoms with Crippen molar-refractivity contribution in [2.75, 3.05) is 20.8 Å². The second kappa shape index (κ2) is 8.71. The number of methoxy groups -OCH3 is 2. The van der Waals surface area contributed by atoms with Gasteiger partial charge in [0.2, 0.25) is 0 Å². The fourth-order valence-electron chi connectivity index (χ4n) is 3.26. The first-order chi connectivity index (χ1) is 13.1. The normalized spacial score (nSPS) is 16.4. The highest BCUT2D eigenvalue weighted by molar-refractivity contribution is 5.74. The Labute approximate surface area is 166 Å². The van der Waals surface area contributed by atoms with E-state index in [9.17, 15) is 9.59 Å². The van der Waals surface area contributed by atoms with Gasteiger partial charge >= 0.3 is 12.1 Å². The molecule has 1 aliphatic heterocycles. The molecule has 0 radical (unpaired) electrons. The number of rotatable bonds is 5. The van der Waals surface area contributed by atoms with Gasteiger partial charge in [0, 0.05) is 6.54 Å². The molecule has 1 aromatic rings. The van der Waals surface area contributed by atoms with Crippen molar-refractivity contribution in [3.05, 3.63) is 23.3 Å². The second-order valence-corrected chi connectivity index (χ2v) is 8.09. The van der Waals surface area contributed by atoms with Crippen molar-refractivity contribution in [3.63, 3.8) is 0 Å². The summed E-state index contributed by atoms with van der Waals surface area (Å²) in [5, 5.41) is 0. The van der Waals surface area contributed by atoms with E-state index in [1.54, 1.807) is 33.0 Å². The van der Waals surface area contributed by atoms with Crippen LogP contribution in [0, 0.1) is 0 Å². The van der Waals surface area contributed by atoms with Crippen molar-refractivity contribution < 1.29 is 28.5 Å². The van der Waals surface area contributed by atoms with E-state index in [-0.39, 0.29) is 18.5 Å². The van der Waals surface area contributed by atoms with Gasteiger partial charge in [0.25, 0.3) is 0 Å². The lowest BCUT2D eigenvalue weighted by Crippen LogP contribution is -2.44. The van der Waals surface area contributed by atoms with Gasteiger partial charge in [-0.1, -0.05) is 0 Å². The van der Waals surface area contributed by atoms with E-state index in [2.05, 4.69) is 0 Å².